The highest BCUT2D eigenvalue weighted by Gasteiger charge is 2.03. The summed E-state index contributed by atoms with van der Waals surface area (Å²) < 4.78 is 5.14. The van der Waals surface area contributed by atoms with Gasteiger partial charge in [-0.3, -0.25) is 10.2 Å². The molecule has 136 valence electrons. The normalized spacial score (nSPS) is 11.2. The van der Waals surface area contributed by atoms with Gasteiger partial charge in [0.1, 0.15) is 16.7 Å². The summed E-state index contributed by atoms with van der Waals surface area (Å²) in [6.07, 6.45) is 5.03. The Morgan fingerprint density at radius 1 is 1.19 bits per heavy atom. The Kier molecular flexibility index (Phi) is 6.35. The van der Waals surface area contributed by atoms with Crippen molar-refractivity contribution < 1.29 is 9.53 Å². The molecule has 27 heavy (non-hydrogen) atoms. The number of nitrogens with zero attached hydrogens (tertiary/aromatic N) is 2. The first kappa shape index (κ1) is 18.8. The zero-order valence-electron chi connectivity index (χ0n) is 14.4. The molecule has 0 unspecified atom stereocenters. The SMILES string of the molecule is COc1cccc(C(=O)C=Cc2ccc(C=NNc3cccc(Cl)n3)s2)c1. The van der Waals surface area contributed by atoms with Crippen molar-refractivity contribution in [2.45, 2.75) is 0 Å². The van der Waals surface area contributed by atoms with Crippen molar-refractivity contribution in [2.75, 3.05) is 12.5 Å². The average molecular weight is 398 g/mol. The lowest BCUT2D eigenvalue weighted by molar-refractivity contribution is 0.104. The van der Waals surface area contributed by atoms with Crippen LogP contribution in [0.3, 0.4) is 0 Å². The van der Waals surface area contributed by atoms with Crippen LogP contribution in [-0.4, -0.2) is 24.1 Å². The topological polar surface area (TPSA) is 63.6 Å². The number of ketones is 1. The Hall–Kier alpha value is -2.96. The first-order chi connectivity index (χ1) is 13.1. The molecule has 2 heterocycles. The van der Waals surface area contributed by atoms with Crippen LogP contribution in [0, 0.1) is 0 Å². The number of pyridine rings is 1. The largest absolute Gasteiger partial charge is 0.497 e. The minimum Gasteiger partial charge on any atom is -0.497 e. The van der Waals surface area contributed by atoms with Crippen molar-refractivity contribution >= 4 is 46.8 Å². The van der Waals surface area contributed by atoms with E-state index in [0.717, 1.165) is 9.75 Å². The van der Waals surface area contributed by atoms with Crippen molar-refractivity contribution in [1.29, 1.82) is 0 Å². The van der Waals surface area contributed by atoms with E-state index >= 15 is 0 Å². The Labute approximate surface area is 166 Å². The molecule has 0 fully saturated rings. The number of hydrazone groups is 1. The summed E-state index contributed by atoms with van der Waals surface area (Å²) in [7, 11) is 1.57. The maximum Gasteiger partial charge on any atom is 0.186 e. The van der Waals surface area contributed by atoms with E-state index in [4.69, 9.17) is 16.3 Å². The van der Waals surface area contributed by atoms with Crippen molar-refractivity contribution in [3.05, 3.63) is 81.1 Å². The second-order valence-corrected chi connectivity index (χ2v) is 6.92. The molecule has 0 aliphatic carbocycles. The van der Waals surface area contributed by atoms with Gasteiger partial charge in [-0.1, -0.05) is 29.8 Å². The van der Waals surface area contributed by atoms with Crippen molar-refractivity contribution in [1.82, 2.24) is 4.98 Å². The third kappa shape index (κ3) is 5.51. The Morgan fingerprint density at radius 3 is 2.81 bits per heavy atom. The Morgan fingerprint density at radius 2 is 2.00 bits per heavy atom. The summed E-state index contributed by atoms with van der Waals surface area (Å²) in [5, 5.41) is 4.54. The summed E-state index contributed by atoms with van der Waals surface area (Å²) in [5.41, 5.74) is 3.41. The summed E-state index contributed by atoms with van der Waals surface area (Å²) in [6.45, 7) is 0. The van der Waals surface area contributed by atoms with Gasteiger partial charge in [0.15, 0.2) is 5.78 Å². The number of allylic oxidation sites excluding steroid dienone is 1. The fraction of sp³-hybridized carbons (Fsp3) is 0.0500. The van der Waals surface area contributed by atoms with Gasteiger partial charge >= 0.3 is 0 Å². The predicted octanol–water partition coefficient (Wildman–Crippen LogP) is 5.15. The standard InChI is InChI=1S/C20H16ClN3O2S/c1-26-15-5-2-4-14(12-15)18(25)11-10-16-8-9-17(27-16)13-22-24-20-7-3-6-19(21)23-20/h2-13H,1H3,(H,23,24). The molecular weight excluding hydrogens is 382 g/mol. The van der Waals surface area contributed by atoms with E-state index in [0.29, 0.717) is 22.3 Å². The van der Waals surface area contributed by atoms with E-state index in [2.05, 4.69) is 15.5 Å². The van der Waals surface area contributed by atoms with E-state index in [1.54, 1.807) is 67.9 Å². The van der Waals surface area contributed by atoms with Crippen LogP contribution in [-0.2, 0) is 0 Å². The highest BCUT2D eigenvalue weighted by molar-refractivity contribution is 7.14. The second-order valence-electron chi connectivity index (χ2n) is 5.39. The summed E-state index contributed by atoms with van der Waals surface area (Å²) >= 11 is 7.34. The number of carbonyl (C=O) groups is 1. The van der Waals surface area contributed by atoms with Crippen LogP contribution >= 0.6 is 22.9 Å². The molecular formula is C20H16ClN3O2S. The monoisotopic (exact) mass is 397 g/mol. The van der Waals surface area contributed by atoms with Crippen LogP contribution in [0.5, 0.6) is 5.75 Å². The van der Waals surface area contributed by atoms with Crippen LogP contribution in [0.2, 0.25) is 5.15 Å². The third-order valence-electron chi connectivity index (χ3n) is 3.49. The molecule has 0 aliphatic heterocycles. The van der Waals surface area contributed by atoms with Crippen molar-refractivity contribution in [2.24, 2.45) is 5.10 Å². The van der Waals surface area contributed by atoms with Gasteiger partial charge in [0.2, 0.25) is 0 Å². The number of carbonyl (C=O) groups excluding carboxylic acids is 1. The number of ether oxygens (including phenoxy) is 1. The molecule has 2 aromatic heterocycles. The number of halogens is 1. The fourth-order valence-corrected chi connectivity index (χ4v) is 3.14. The number of rotatable bonds is 7. The van der Waals surface area contributed by atoms with Crippen molar-refractivity contribution in [3.8, 4) is 5.75 Å². The lowest BCUT2D eigenvalue weighted by atomic mass is 10.1. The molecule has 0 aliphatic rings. The number of methoxy groups -OCH3 is 1. The highest BCUT2D eigenvalue weighted by atomic mass is 35.5. The molecule has 3 rings (SSSR count). The van der Waals surface area contributed by atoms with Crippen molar-refractivity contribution in [3.63, 3.8) is 0 Å². The van der Waals surface area contributed by atoms with E-state index in [1.165, 1.54) is 11.3 Å². The first-order valence-electron chi connectivity index (χ1n) is 8.02. The van der Waals surface area contributed by atoms with Gasteiger partial charge < -0.3 is 4.74 Å². The van der Waals surface area contributed by atoms with E-state index in [-0.39, 0.29) is 5.78 Å². The van der Waals surface area contributed by atoms with Crippen LogP contribution in [0.25, 0.3) is 6.08 Å². The van der Waals surface area contributed by atoms with E-state index in [9.17, 15) is 4.79 Å². The van der Waals surface area contributed by atoms with Gasteiger partial charge in [-0.25, -0.2) is 4.98 Å². The summed E-state index contributed by atoms with van der Waals surface area (Å²) in [6, 6.07) is 16.2. The number of thiophene rings is 1. The quantitative estimate of drug-likeness (QED) is 0.197. The molecule has 1 N–H and O–H groups in total. The fourth-order valence-electron chi connectivity index (χ4n) is 2.19. The summed E-state index contributed by atoms with van der Waals surface area (Å²) in [5.74, 6) is 1.15. The van der Waals surface area contributed by atoms with Crippen LogP contribution in [0.15, 0.2) is 65.8 Å². The predicted molar refractivity (Wildman–Crippen MR) is 111 cm³/mol. The van der Waals surface area contributed by atoms with Gasteiger partial charge in [-0.2, -0.15) is 5.10 Å². The number of hydrogen-bond acceptors (Lipinski definition) is 6. The minimum absolute atomic E-state index is 0.0776. The molecule has 0 saturated heterocycles. The van der Waals surface area contributed by atoms with Gasteiger partial charge in [-0.15, -0.1) is 11.3 Å². The van der Waals surface area contributed by atoms with Gasteiger partial charge in [0.25, 0.3) is 0 Å². The molecule has 0 bridgehead atoms. The highest BCUT2D eigenvalue weighted by Crippen LogP contribution is 2.18. The molecule has 0 spiro atoms. The average Bonchev–Trinajstić information content (AvgIpc) is 3.14. The molecule has 3 aromatic rings. The Balaban J connectivity index is 1.60. The third-order valence-corrected chi connectivity index (χ3v) is 4.68. The maximum atomic E-state index is 12.3. The van der Waals surface area contributed by atoms with Crippen LogP contribution in [0.1, 0.15) is 20.1 Å². The van der Waals surface area contributed by atoms with Crippen LogP contribution in [0.4, 0.5) is 5.82 Å². The second kappa shape index (κ2) is 9.12. The van der Waals surface area contributed by atoms with Gasteiger partial charge in [-0.05, 0) is 48.6 Å². The maximum absolute atomic E-state index is 12.3. The number of anilines is 1. The summed E-state index contributed by atoms with van der Waals surface area (Å²) in [4.78, 5) is 18.2. The zero-order chi connectivity index (χ0) is 19.1. The number of benzene rings is 1. The van der Waals surface area contributed by atoms with Crippen LogP contribution < -0.4 is 10.2 Å². The molecule has 0 atom stereocenters. The molecule has 5 nitrogen and oxygen atoms in total. The van der Waals surface area contributed by atoms with Gasteiger partial charge in [0, 0.05) is 15.3 Å². The molecule has 1 aromatic carbocycles. The lowest BCUT2D eigenvalue weighted by Crippen LogP contribution is -1.94. The minimum atomic E-state index is -0.0776. The molecule has 0 amide bonds. The first-order valence-corrected chi connectivity index (χ1v) is 9.21. The zero-order valence-corrected chi connectivity index (χ0v) is 16.0. The van der Waals surface area contributed by atoms with Gasteiger partial charge in [0.05, 0.1) is 13.3 Å². The molecule has 7 heteroatoms. The smallest absolute Gasteiger partial charge is 0.186 e. The number of hydrogen-bond donors (Lipinski definition) is 1. The molecule has 0 saturated carbocycles. The Bertz CT molecular complexity index is 998. The number of aromatic nitrogens is 1. The van der Waals surface area contributed by atoms with E-state index in [1.807, 2.05) is 12.1 Å². The molecule has 0 radical (unpaired) electrons. The lowest BCUT2D eigenvalue weighted by Gasteiger charge is -2.00. The number of nitrogens with one attached hydrogen (secondary N) is 1. The van der Waals surface area contributed by atoms with E-state index < -0.39 is 0 Å².